The number of hydrogen-bond donors (Lipinski definition) is 2. The Labute approximate surface area is 219 Å². The summed E-state index contributed by atoms with van der Waals surface area (Å²) in [6, 6.07) is 7.42. The van der Waals surface area contributed by atoms with E-state index in [4.69, 9.17) is 21.3 Å². The third-order valence-electron chi connectivity index (χ3n) is 5.61. The normalized spacial score (nSPS) is 13.9. The fourth-order valence-corrected chi connectivity index (χ4v) is 6.54. The van der Waals surface area contributed by atoms with Crippen molar-refractivity contribution in [2.75, 3.05) is 33.1 Å². The van der Waals surface area contributed by atoms with E-state index in [0.29, 0.717) is 23.3 Å². The van der Waals surface area contributed by atoms with Crippen molar-refractivity contribution in [1.82, 2.24) is 19.9 Å². The van der Waals surface area contributed by atoms with Gasteiger partial charge in [0.2, 0.25) is 0 Å². The minimum absolute atomic E-state index is 0.101. The molecule has 0 saturated carbocycles. The molecule has 0 unspecified atom stereocenters. The van der Waals surface area contributed by atoms with E-state index in [-0.39, 0.29) is 45.3 Å². The van der Waals surface area contributed by atoms with Crippen LogP contribution in [0.15, 0.2) is 35.3 Å². The summed E-state index contributed by atoms with van der Waals surface area (Å²) in [6.07, 6.45) is 5.87. The summed E-state index contributed by atoms with van der Waals surface area (Å²) in [5.41, 5.74) is 1.33. The van der Waals surface area contributed by atoms with Crippen LogP contribution in [-0.2, 0) is 11.3 Å². The van der Waals surface area contributed by atoms with E-state index in [1.807, 2.05) is 18.2 Å². The Bertz CT molecular complexity index is 1260. The van der Waals surface area contributed by atoms with Crippen LogP contribution in [0.4, 0.5) is 17.5 Å². The quantitative estimate of drug-likeness (QED) is 0.209. The van der Waals surface area contributed by atoms with E-state index < -0.39 is 0 Å². The van der Waals surface area contributed by atoms with Gasteiger partial charge in [0.15, 0.2) is 0 Å². The number of anilines is 3. The molecule has 3 aromatic rings. The summed E-state index contributed by atoms with van der Waals surface area (Å²) in [6.45, 7) is 3.41. The molecule has 35 heavy (non-hydrogen) atoms. The van der Waals surface area contributed by atoms with Crippen molar-refractivity contribution in [2.45, 2.75) is 39.2 Å². The first-order chi connectivity index (χ1) is 17.0. The van der Waals surface area contributed by atoms with E-state index in [1.54, 1.807) is 16.8 Å². The maximum atomic E-state index is 13.1. The zero-order valence-corrected chi connectivity index (χ0v) is 22.7. The van der Waals surface area contributed by atoms with E-state index in [0.717, 1.165) is 42.4 Å². The number of pyridine rings is 1. The number of alkyl halides is 1. The van der Waals surface area contributed by atoms with E-state index >= 15 is 0 Å². The Balaban J connectivity index is 1.67. The molecule has 0 spiro atoms. The average molecular weight is 612 g/mol. The van der Waals surface area contributed by atoms with Crippen LogP contribution >= 0.6 is 11.6 Å². The van der Waals surface area contributed by atoms with Gasteiger partial charge in [0.1, 0.15) is 0 Å². The number of nitrogens with zero attached hydrogens (tertiary/aromatic N) is 4. The molecule has 0 aliphatic carbocycles. The number of carbonyl (C=O) groups excluding carboxylic acids is 1. The topological polar surface area (TPSA) is 101 Å². The number of aryl methyl sites for hydroxylation is 1. The van der Waals surface area contributed by atoms with Crippen LogP contribution in [0.25, 0.3) is 10.9 Å². The van der Waals surface area contributed by atoms with Crippen LogP contribution in [0.2, 0.25) is 5.02 Å². The van der Waals surface area contributed by atoms with Crippen molar-refractivity contribution in [1.29, 1.82) is 0 Å². The number of benzene rings is 1. The molecule has 1 saturated heterocycles. The third-order valence-corrected chi connectivity index (χ3v) is 8.87. The van der Waals surface area contributed by atoms with Crippen molar-refractivity contribution in [3.8, 4) is 5.75 Å². The van der Waals surface area contributed by atoms with Crippen molar-refractivity contribution in [3.63, 3.8) is 0 Å². The summed E-state index contributed by atoms with van der Waals surface area (Å²) in [5.74, 6) is 1.10. The van der Waals surface area contributed by atoms with Gasteiger partial charge >= 0.3 is 184 Å². The molecule has 1 fully saturated rings. The van der Waals surface area contributed by atoms with Gasteiger partial charge in [0, 0.05) is 7.05 Å². The van der Waals surface area contributed by atoms with E-state index in [9.17, 15) is 9.59 Å². The molecule has 1 aliphatic heterocycles. The second kappa shape index (κ2) is 11.9. The Morgan fingerprint density at radius 1 is 1.29 bits per heavy atom. The Kier molecular flexibility index (Phi) is 8.66. The standard InChI is InChI=1S/C24H29ClIN6O3/c1-3-4-10-31-19-8-7-17(12-16(19)13-20(23(31)34)35-15-21(33)27-2)29-22-18(25)14-28-24(30-22)32-11-6-5-9-26-32/h7-8,12-14H,3-6,9-11,15H2,1-2H3,(H,27,33)(H,28,29,30)/q-1. The fourth-order valence-electron chi connectivity index (χ4n) is 3.72. The Morgan fingerprint density at radius 2 is 2.14 bits per heavy atom. The molecule has 0 atom stereocenters. The van der Waals surface area contributed by atoms with Gasteiger partial charge in [-0.3, -0.25) is 4.79 Å². The van der Waals surface area contributed by atoms with Gasteiger partial charge < -0.3 is 5.32 Å². The van der Waals surface area contributed by atoms with Gasteiger partial charge in [0.25, 0.3) is 5.91 Å². The molecule has 1 amide bonds. The van der Waals surface area contributed by atoms with Crippen molar-refractivity contribution < 1.29 is 31.0 Å². The first kappa shape index (κ1) is 25.5. The molecule has 0 radical (unpaired) electrons. The molecule has 0 bridgehead atoms. The third kappa shape index (κ3) is 6.16. The molecule has 11 heteroatoms. The molecule has 9 nitrogen and oxygen atoms in total. The Morgan fingerprint density at radius 3 is 2.89 bits per heavy atom. The number of halogens is 2. The monoisotopic (exact) mass is 611 g/mol. The predicted octanol–water partition coefficient (Wildman–Crippen LogP) is 0.718. The van der Waals surface area contributed by atoms with E-state index in [2.05, 4.69) is 25.7 Å². The van der Waals surface area contributed by atoms with Crippen LogP contribution < -0.4 is 45.5 Å². The molecule has 1 aromatic carbocycles. The average Bonchev–Trinajstić information content (AvgIpc) is 2.88. The summed E-state index contributed by atoms with van der Waals surface area (Å²) >= 11 is 6.32. The number of nitrogens with one attached hydrogen (secondary N) is 2. The number of likely N-dealkylation sites (N-methyl/N-ethyl adjacent to an activating group) is 1. The second-order valence-corrected chi connectivity index (χ2v) is 11.5. The molecular formula is C24H29ClIN6O3-. The van der Waals surface area contributed by atoms with Crippen molar-refractivity contribution in [3.05, 3.63) is 45.8 Å². The zero-order valence-electron chi connectivity index (χ0n) is 19.8. The van der Waals surface area contributed by atoms with Gasteiger partial charge in [-0.05, 0) is 0 Å². The SMILES string of the molecule is CCCCn1c(=O)c(OCC(=O)NC)cc2cc(Nc3nc(N4CCCC[I-]4)ncc3Cl)ccc21. The molecule has 2 N–H and O–H groups in total. The number of fused-ring (bicyclic) bond motifs is 1. The van der Waals surface area contributed by atoms with Crippen LogP contribution in [0.5, 0.6) is 5.75 Å². The summed E-state index contributed by atoms with van der Waals surface area (Å²) in [5, 5.41) is 7.06. The van der Waals surface area contributed by atoms with Gasteiger partial charge in [-0.25, -0.2) is 0 Å². The van der Waals surface area contributed by atoms with Gasteiger partial charge in [-0.2, -0.15) is 0 Å². The molecule has 1 aliphatic rings. The van der Waals surface area contributed by atoms with E-state index in [1.165, 1.54) is 17.9 Å². The summed E-state index contributed by atoms with van der Waals surface area (Å²) in [7, 11) is 1.53. The van der Waals surface area contributed by atoms with Crippen LogP contribution in [-0.4, -0.2) is 45.1 Å². The fraction of sp³-hybridized carbons (Fsp3) is 0.417. The molecule has 4 rings (SSSR count). The van der Waals surface area contributed by atoms with Crippen LogP contribution in [0, 0.1) is 0 Å². The molecule has 188 valence electrons. The summed E-state index contributed by atoms with van der Waals surface area (Å²) in [4.78, 5) is 33.9. The van der Waals surface area contributed by atoms with Crippen molar-refractivity contribution in [2.24, 2.45) is 0 Å². The number of aromatic nitrogens is 3. The maximum absolute atomic E-state index is 13.1. The second-order valence-electron chi connectivity index (χ2n) is 8.15. The van der Waals surface area contributed by atoms with Gasteiger partial charge in [-0.1, -0.05) is 13.3 Å². The number of rotatable bonds is 9. The minimum atomic E-state index is -0.301. The first-order valence-corrected chi connectivity index (χ1v) is 14.5. The van der Waals surface area contributed by atoms with Gasteiger partial charge in [0.05, 0.1) is 0 Å². The molecule has 2 aromatic heterocycles. The Hall–Kier alpha value is -2.60. The first-order valence-electron chi connectivity index (χ1n) is 11.7. The van der Waals surface area contributed by atoms with Crippen LogP contribution in [0.1, 0.15) is 32.6 Å². The summed E-state index contributed by atoms with van der Waals surface area (Å²) < 4.78 is 10.8. The molecule has 3 heterocycles. The number of unbranched alkanes of at least 4 members (excludes halogenated alkanes) is 1. The van der Waals surface area contributed by atoms with Crippen LogP contribution in [0.3, 0.4) is 0 Å². The van der Waals surface area contributed by atoms with Crippen molar-refractivity contribution >= 4 is 45.9 Å². The number of hydrogen-bond acceptors (Lipinski definition) is 7. The predicted molar refractivity (Wildman–Crippen MR) is 134 cm³/mol. The zero-order chi connectivity index (χ0) is 24.8. The number of carbonyl (C=O) groups is 1. The molecular weight excluding hydrogens is 583 g/mol. The number of amides is 1. The van der Waals surface area contributed by atoms with Gasteiger partial charge in [-0.15, -0.1) is 0 Å². The number of ether oxygens (including phenoxy) is 1.